The van der Waals surface area contributed by atoms with Crippen LogP contribution in [0.15, 0.2) is 18.2 Å². The second kappa shape index (κ2) is 4.34. The Kier molecular flexibility index (Phi) is 2.59. The molecule has 4 rings (SSSR count). The van der Waals surface area contributed by atoms with E-state index in [1.165, 1.54) is 48.4 Å². The van der Waals surface area contributed by atoms with Crippen molar-refractivity contribution in [1.82, 2.24) is 0 Å². The first-order valence-corrected chi connectivity index (χ1v) is 7.63. The first-order valence-electron chi connectivity index (χ1n) is 7.63. The summed E-state index contributed by atoms with van der Waals surface area (Å²) in [5, 5.41) is 2.50. The fourth-order valence-electron chi connectivity index (χ4n) is 4.21. The number of benzene rings is 1. The maximum Gasteiger partial charge on any atom is 0.249 e. The lowest BCUT2D eigenvalue weighted by molar-refractivity contribution is -0.112. The number of fused-ring (bicyclic) bond motifs is 4. The molecule has 0 bridgehead atoms. The summed E-state index contributed by atoms with van der Waals surface area (Å²) < 4.78 is 0. The number of hydrogen-bond acceptors (Lipinski definition) is 1. The molecule has 1 unspecified atom stereocenters. The Morgan fingerprint density at radius 3 is 2.75 bits per heavy atom. The van der Waals surface area contributed by atoms with E-state index in [-0.39, 0.29) is 5.91 Å². The molecule has 1 fully saturated rings. The van der Waals surface area contributed by atoms with Crippen LogP contribution in [0.3, 0.4) is 0 Å². The molecule has 1 amide bonds. The van der Waals surface area contributed by atoms with Crippen LogP contribution in [0.5, 0.6) is 0 Å². The van der Waals surface area contributed by atoms with E-state index in [0.29, 0.717) is 5.57 Å². The largest absolute Gasteiger partial charge is 0.366 e. The van der Waals surface area contributed by atoms with E-state index in [1.807, 2.05) is 6.08 Å². The topological polar surface area (TPSA) is 43.1 Å². The van der Waals surface area contributed by atoms with Gasteiger partial charge in [0.2, 0.25) is 5.91 Å². The molecule has 2 nitrogen and oxygen atoms in total. The van der Waals surface area contributed by atoms with Crippen molar-refractivity contribution in [3.05, 3.63) is 39.8 Å². The average molecular weight is 265 g/mol. The molecule has 1 aromatic carbocycles. The third-order valence-electron chi connectivity index (χ3n) is 5.16. The molecule has 3 aliphatic carbocycles. The van der Waals surface area contributed by atoms with Crippen LogP contribution in [0, 0.1) is 5.92 Å². The van der Waals surface area contributed by atoms with Gasteiger partial charge in [-0.05, 0) is 65.7 Å². The van der Waals surface area contributed by atoms with Crippen molar-refractivity contribution in [3.63, 3.8) is 0 Å². The normalized spacial score (nSPS) is 23.3. The number of rotatable bonds is 1. The van der Waals surface area contributed by atoms with E-state index in [4.69, 9.17) is 5.73 Å². The molecular formula is C18H19NO. The van der Waals surface area contributed by atoms with E-state index in [2.05, 4.69) is 18.2 Å². The van der Waals surface area contributed by atoms with Crippen molar-refractivity contribution in [3.8, 4) is 0 Å². The Hall–Kier alpha value is -1.83. The number of amides is 1. The third kappa shape index (κ3) is 1.60. The van der Waals surface area contributed by atoms with Crippen molar-refractivity contribution in [1.29, 1.82) is 0 Å². The maximum absolute atomic E-state index is 11.5. The minimum absolute atomic E-state index is 0.320. The van der Waals surface area contributed by atoms with Crippen LogP contribution >= 0.6 is 0 Å². The summed E-state index contributed by atoms with van der Waals surface area (Å²) in [7, 11) is 0. The molecule has 20 heavy (non-hydrogen) atoms. The maximum atomic E-state index is 11.5. The predicted octanol–water partition coefficient (Wildman–Crippen LogP) is 1.64. The van der Waals surface area contributed by atoms with Gasteiger partial charge in [0, 0.05) is 5.57 Å². The quantitative estimate of drug-likeness (QED) is 0.824. The number of carbonyl (C=O) groups is 1. The van der Waals surface area contributed by atoms with Crippen molar-refractivity contribution < 1.29 is 4.79 Å². The third-order valence-corrected chi connectivity index (χ3v) is 5.16. The Morgan fingerprint density at radius 1 is 1.05 bits per heavy atom. The Labute approximate surface area is 118 Å². The SMILES string of the molecule is NC(=O)C1=c2ccc3c(c2C=C1)CCC1CCCCC=31. The molecule has 1 saturated carbocycles. The van der Waals surface area contributed by atoms with Crippen LogP contribution in [-0.4, -0.2) is 5.91 Å². The summed E-state index contributed by atoms with van der Waals surface area (Å²) in [5.41, 5.74) is 10.5. The van der Waals surface area contributed by atoms with Crippen molar-refractivity contribution in [2.45, 2.75) is 38.5 Å². The van der Waals surface area contributed by atoms with Gasteiger partial charge in [-0.3, -0.25) is 4.79 Å². The summed E-state index contributed by atoms with van der Waals surface area (Å²) in [5.74, 6) is 0.484. The lowest BCUT2D eigenvalue weighted by atomic mass is 9.75. The molecule has 102 valence electrons. The van der Waals surface area contributed by atoms with Crippen LogP contribution in [0.1, 0.15) is 43.2 Å². The van der Waals surface area contributed by atoms with Gasteiger partial charge in [-0.25, -0.2) is 0 Å². The van der Waals surface area contributed by atoms with E-state index in [9.17, 15) is 4.79 Å². The Morgan fingerprint density at radius 2 is 1.90 bits per heavy atom. The highest BCUT2D eigenvalue weighted by molar-refractivity contribution is 6.19. The zero-order chi connectivity index (χ0) is 13.7. The molecule has 0 radical (unpaired) electrons. The van der Waals surface area contributed by atoms with Crippen LogP contribution in [0.25, 0.3) is 17.2 Å². The Bertz CT molecular complexity index is 754. The number of carbonyl (C=O) groups excluding carboxylic acids is 1. The monoisotopic (exact) mass is 265 g/mol. The highest BCUT2D eigenvalue weighted by Crippen LogP contribution is 2.35. The molecule has 0 saturated heterocycles. The molecular weight excluding hydrogens is 246 g/mol. The Balaban J connectivity index is 2.02. The summed E-state index contributed by atoms with van der Waals surface area (Å²) in [4.78, 5) is 11.5. The lowest BCUT2D eigenvalue weighted by Crippen LogP contribution is -2.30. The lowest BCUT2D eigenvalue weighted by Gasteiger charge is -2.30. The van der Waals surface area contributed by atoms with E-state index in [0.717, 1.165) is 17.6 Å². The smallest absolute Gasteiger partial charge is 0.249 e. The molecule has 0 aromatic heterocycles. The van der Waals surface area contributed by atoms with Crippen LogP contribution in [0.2, 0.25) is 0 Å². The fraction of sp³-hybridized carbons (Fsp3) is 0.389. The predicted molar refractivity (Wildman–Crippen MR) is 81.0 cm³/mol. The summed E-state index contributed by atoms with van der Waals surface area (Å²) in [6, 6.07) is 4.33. The first kappa shape index (κ1) is 12.0. The van der Waals surface area contributed by atoms with E-state index < -0.39 is 0 Å². The number of nitrogens with two attached hydrogens (primary N) is 1. The summed E-state index contributed by atoms with van der Waals surface area (Å²) in [6.07, 6.45) is 11.7. The molecule has 3 aliphatic rings. The van der Waals surface area contributed by atoms with E-state index in [1.54, 1.807) is 5.57 Å². The van der Waals surface area contributed by atoms with Crippen LogP contribution in [0.4, 0.5) is 0 Å². The second-order valence-electron chi connectivity index (χ2n) is 6.17. The van der Waals surface area contributed by atoms with Gasteiger partial charge in [-0.1, -0.05) is 30.2 Å². The molecule has 1 aromatic rings. The fourth-order valence-corrected chi connectivity index (χ4v) is 4.21. The first-order chi connectivity index (χ1) is 9.75. The van der Waals surface area contributed by atoms with Gasteiger partial charge in [0.1, 0.15) is 0 Å². The molecule has 2 N–H and O–H groups in total. The zero-order valence-electron chi connectivity index (χ0n) is 11.6. The van der Waals surface area contributed by atoms with Crippen molar-refractivity contribution >= 4 is 23.1 Å². The van der Waals surface area contributed by atoms with Crippen molar-refractivity contribution in [2.24, 2.45) is 11.7 Å². The average Bonchev–Trinajstić information content (AvgIpc) is 2.91. The van der Waals surface area contributed by atoms with Gasteiger partial charge in [0.25, 0.3) is 0 Å². The summed E-state index contributed by atoms with van der Waals surface area (Å²) >= 11 is 0. The zero-order valence-corrected chi connectivity index (χ0v) is 11.6. The van der Waals surface area contributed by atoms with Crippen LogP contribution in [-0.2, 0) is 11.2 Å². The second-order valence-corrected chi connectivity index (χ2v) is 6.17. The molecule has 0 aliphatic heterocycles. The van der Waals surface area contributed by atoms with Crippen LogP contribution < -0.4 is 16.2 Å². The van der Waals surface area contributed by atoms with Gasteiger partial charge >= 0.3 is 0 Å². The molecule has 0 heterocycles. The van der Waals surface area contributed by atoms with Gasteiger partial charge in [-0.15, -0.1) is 0 Å². The highest BCUT2D eigenvalue weighted by Gasteiger charge is 2.25. The van der Waals surface area contributed by atoms with Gasteiger partial charge < -0.3 is 5.73 Å². The van der Waals surface area contributed by atoms with Gasteiger partial charge in [-0.2, -0.15) is 0 Å². The van der Waals surface area contributed by atoms with Gasteiger partial charge in [0.05, 0.1) is 0 Å². The minimum Gasteiger partial charge on any atom is -0.366 e. The molecule has 0 spiro atoms. The molecule has 2 heteroatoms. The van der Waals surface area contributed by atoms with Gasteiger partial charge in [0.15, 0.2) is 0 Å². The summed E-state index contributed by atoms with van der Waals surface area (Å²) in [6.45, 7) is 0. The van der Waals surface area contributed by atoms with E-state index >= 15 is 0 Å². The van der Waals surface area contributed by atoms with Crippen molar-refractivity contribution in [2.75, 3.05) is 0 Å². The standard InChI is InChI=1S/C18H19NO/c19-18(20)17-10-9-15-14-6-5-11-3-1-2-4-12(11)13(14)7-8-16(15)17/h7-11H,1-6H2,(H2,19,20). The number of primary amides is 1. The highest BCUT2D eigenvalue weighted by atomic mass is 16.1. The minimum atomic E-state index is -0.320. The molecule has 1 atom stereocenters. The number of hydrogen-bond donors (Lipinski definition) is 1.